The summed E-state index contributed by atoms with van der Waals surface area (Å²) in [6.07, 6.45) is 6.30. The first-order valence-electron chi connectivity index (χ1n) is 8.91. The van der Waals surface area contributed by atoms with Crippen LogP contribution in [-0.2, 0) is 4.74 Å². The van der Waals surface area contributed by atoms with E-state index >= 15 is 0 Å². The largest absolute Gasteiger partial charge is 0.445 e. The molecule has 4 nitrogen and oxygen atoms in total. The minimum atomic E-state index is -0.574. The molecule has 136 valence electrons. The van der Waals surface area contributed by atoms with E-state index < -0.39 is 11.6 Å². The predicted molar refractivity (Wildman–Crippen MR) is 92.1 cm³/mol. The van der Waals surface area contributed by atoms with Gasteiger partial charge in [-0.3, -0.25) is 4.90 Å². The van der Waals surface area contributed by atoms with Gasteiger partial charge in [0.25, 0.3) is 0 Å². The Morgan fingerprint density at radius 3 is 2.64 bits per heavy atom. The van der Waals surface area contributed by atoms with Gasteiger partial charge in [0.15, 0.2) is 0 Å². The molecule has 1 amide bonds. The Bertz CT molecular complexity index is 608. The monoisotopic (exact) mass is 350 g/mol. The molecule has 3 heterocycles. The molecule has 1 aromatic rings. The summed E-state index contributed by atoms with van der Waals surface area (Å²) in [6.45, 7) is 3.54. The number of amides is 1. The summed E-state index contributed by atoms with van der Waals surface area (Å²) in [5, 5.41) is 2.75. The zero-order valence-corrected chi connectivity index (χ0v) is 14.2. The Labute approximate surface area is 146 Å². The second-order valence-corrected chi connectivity index (χ2v) is 6.69. The van der Waals surface area contributed by atoms with Crippen molar-refractivity contribution in [1.82, 2.24) is 10.2 Å². The molecular weight excluding hydrogens is 326 g/mol. The number of hydrogen-bond acceptors (Lipinski definition) is 3. The van der Waals surface area contributed by atoms with E-state index in [1.54, 1.807) is 6.08 Å². The first-order valence-corrected chi connectivity index (χ1v) is 8.91. The van der Waals surface area contributed by atoms with Crippen LogP contribution in [0.1, 0.15) is 31.2 Å². The van der Waals surface area contributed by atoms with Crippen LogP contribution in [0.4, 0.5) is 13.6 Å². The van der Waals surface area contributed by atoms with Crippen LogP contribution in [0.5, 0.6) is 0 Å². The smallest absolute Gasteiger partial charge is 0.407 e. The van der Waals surface area contributed by atoms with Crippen molar-refractivity contribution in [1.29, 1.82) is 0 Å². The molecular formula is C19H24F2N2O2. The maximum absolute atomic E-state index is 13.4. The SMILES string of the molecule is O=C(NCCCC=Cc1c(F)cccc1F)O[C@H]1CN2CCC1CC2. The van der Waals surface area contributed by atoms with Crippen molar-refractivity contribution >= 4 is 12.2 Å². The van der Waals surface area contributed by atoms with E-state index in [2.05, 4.69) is 10.2 Å². The molecule has 2 bridgehead atoms. The highest BCUT2D eigenvalue weighted by Crippen LogP contribution is 2.29. The Balaban J connectivity index is 1.33. The molecule has 3 aliphatic rings. The molecule has 1 aromatic carbocycles. The van der Waals surface area contributed by atoms with Crippen LogP contribution in [0.15, 0.2) is 24.3 Å². The van der Waals surface area contributed by atoms with Crippen molar-refractivity contribution in [2.75, 3.05) is 26.2 Å². The fourth-order valence-corrected chi connectivity index (χ4v) is 3.50. The van der Waals surface area contributed by atoms with Crippen molar-refractivity contribution in [3.05, 3.63) is 41.5 Å². The summed E-state index contributed by atoms with van der Waals surface area (Å²) < 4.78 is 32.4. The third kappa shape index (κ3) is 4.78. The van der Waals surface area contributed by atoms with Crippen LogP contribution in [0.2, 0.25) is 0 Å². The number of carbonyl (C=O) groups excluding carboxylic acids is 1. The molecule has 25 heavy (non-hydrogen) atoms. The van der Waals surface area contributed by atoms with Gasteiger partial charge in [0.05, 0.1) is 0 Å². The van der Waals surface area contributed by atoms with Crippen molar-refractivity contribution in [2.24, 2.45) is 5.92 Å². The number of hydrogen-bond donors (Lipinski definition) is 1. The van der Waals surface area contributed by atoms with Crippen molar-refractivity contribution in [3.63, 3.8) is 0 Å². The number of fused-ring (bicyclic) bond motifs is 3. The quantitative estimate of drug-likeness (QED) is 0.798. The molecule has 1 N–H and O–H groups in total. The fourth-order valence-electron chi connectivity index (χ4n) is 3.50. The maximum Gasteiger partial charge on any atom is 0.407 e. The van der Waals surface area contributed by atoms with E-state index in [9.17, 15) is 13.6 Å². The Kier molecular flexibility index (Phi) is 6.02. The van der Waals surface area contributed by atoms with Gasteiger partial charge in [-0.25, -0.2) is 13.6 Å². The first kappa shape index (κ1) is 17.9. The Morgan fingerprint density at radius 2 is 2.00 bits per heavy atom. The number of halogens is 2. The van der Waals surface area contributed by atoms with Gasteiger partial charge in [-0.1, -0.05) is 18.2 Å². The van der Waals surface area contributed by atoms with Crippen molar-refractivity contribution in [2.45, 2.75) is 31.8 Å². The van der Waals surface area contributed by atoms with Gasteiger partial charge < -0.3 is 10.1 Å². The number of piperidine rings is 3. The molecule has 0 spiro atoms. The highest BCUT2D eigenvalue weighted by Gasteiger charge is 2.36. The summed E-state index contributed by atoms with van der Waals surface area (Å²) in [5.41, 5.74) is -0.0304. The van der Waals surface area contributed by atoms with Gasteiger partial charge in [0.1, 0.15) is 17.7 Å². The van der Waals surface area contributed by atoms with E-state index in [4.69, 9.17) is 4.74 Å². The summed E-state index contributed by atoms with van der Waals surface area (Å²) >= 11 is 0. The number of alkyl carbamates (subject to hydrolysis) is 1. The van der Waals surface area contributed by atoms with Crippen molar-refractivity contribution < 1.29 is 18.3 Å². The Hall–Kier alpha value is -1.95. The number of nitrogens with one attached hydrogen (secondary N) is 1. The first-order chi connectivity index (χ1) is 12.1. The second-order valence-electron chi connectivity index (χ2n) is 6.69. The highest BCUT2D eigenvalue weighted by molar-refractivity contribution is 5.67. The lowest BCUT2D eigenvalue weighted by Crippen LogP contribution is -2.52. The van der Waals surface area contributed by atoms with Gasteiger partial charge >= 0.3 is 6.09 Å². The van der Waals surface area contributed by atoms with Crippen LogP contribution < -0.4 is 5.32 Å². The maximum atomic E-state index is 13.4. The third-order valence-electron chi connectivity index (χ3n) is 4.96. The summed E-state index contributed by atoms with van der Waals surface area (Å²) in [7, 11) is 0. The van der Waals surface area contributed by atoms with Gasteiger partial charge in [-0.05, 0) is 56.8 Å². The fraction of sp³-hybridized carbons (Fsp3) is 0.526. The van der Waals surface area contributed by atoms with E-state index in [0.29, 0.717) is 25.3 Å². The van der Waals surface area contributed by atoms with Crippen LogP contribution in [-0.4, -0.2) is 43.3 Å². The number of unbranched alkanes of at least 4 members (excludes halogenated alkanes) is 1. The standard InChI is InChI=1S/C19H24F2N2O2/c20-16-6-4-7-17(21)15(16)5-2-1-3-10-22-19(24)25-18-13-23-11-8-14(18)9-12-23/h2,4-7,14,18H,1,3,8-13H2,(H,22,24)/t18-/m0/s1. The average Bonchev–Trinajstić information content (AvgIpc) is 2.61. The summed E-state index contributed by atoms with van der Waals surface area (Å²) in [5.74, 6) is -0.653. The molecule has 3 fully saturated rings. The number of carbonyl (C=O) groups is 1. The predicted octanol–water partition coefficient (Wildman–Crippen LogP) is 3.58. The van der Waals surface area contributed by atoms with Gasteiger partial charge in [0, 0.05) is 18.7 Å². The molecule has 0 saturated carbocycles. The van der Waals surface area contributed by atoms with Gasteiger partial charge in [-0.15, -0.1) is 0 Å². The molecule has 1 atom stereocenters. The number of benzene rings is 1. The molecule has 6 heteroatoms. The molecule has 0 aliphatic carbocycles. The highest BCUT2D eigenvalue weighted by atomic mass is 19.1. The topological polar surface area (TPSA) is 41.6 Å². The zero-order valence-electron chi connectivity index (χ0n) is 14.2. The van der Waals surface area contributed by atoms with Crippen molar-refractivity contribution in [3.8, 4) is 0 Å². The third-order valence-corrected chi connectivity index (χ3v) is 4.96. The van der Waals surface area contributed by atoms with Crippen LogP contribution in [0.3, 0.4) is 0 Å². The lowest BCUT2D eigenvalue weighted by molar-refractivity contribution is -0.0331. The zero-order chi connectivity index (χ0) is 17.6. The van der Waals surface area contributed by atoms with Gasteiger partial charge in [0.2, 0.25) is 0 Å². The van der Waals surface area contributed by atoms with Gasteiger partial charge in [-0.2, -0.15) is 0 Å². The minimum Gasteiger partial charge on any atom is -0.445 e. The Morgan fingerprint density at radius 1 is 1.28 bits per heavy atom. The number of rotatable bonds is 6. The summed E-state index contributed by atoms with van der Waals surface area (Å²) in [6, 6.07) is 3.80. The molecule has 0 unspecified atom stereocenters. The van der Waals surface area contributed by atoms with E-state index in [1.165, 1.54) is 24.3 Å². The summed E-state index contributed by atoms with van der Waals surface area (Å²) in [4.78, 5) is 14.2. The molecule has 4 rings (SSSR count). The second kappa shape index (κ2) is 8.43. The average molecular weight is 350 g/mol. The molecule has 3 saturated heterocycles. The molecule has 3 aliphatic heterocycles. The number of ether oxygens (including phenoxy) is 1. The van der Waals surface area contributed by atoms with Crippen LogP contribution in [0.25, 0.3) is 6.08 Å². The van der Waals surface area contributed by atoms with E-state index in [0.717, 1.165) is 32.5 Å². The van der Waals surface area contributed by atoms with E-state index in [1.807, 2.05) is 0 Å². The van der Waals surface area contributed by atoms with Crippen LogP contribution in [0, 0.1) is 17.6 Å². The molecule has 0 aromatic heterocycles. The number of nitrogens with zero attached hydrogens (tertiary/aromatic N) is 1. The van der Waals surface area contributed by atoms with Crippen LogP contribution >= 0.6 is 0 Å². The lowest BCUT2D eigenvalue weighted by Gasteiger charge is -2.43. The normalized spacial score (nSPS) is 25.3. The minimum absolute atomic E-state index is 0.00595. The number of allylic oxidation sites excluding steroid dienone is 1. The van der Waals surface area contributed by atoms with E-state index in [-0.39, 0.29) is 17.8 Å². The lowest BCUT2D eigenvalue weighted by atomic mass is 9.86. The molecule has 0 radical (unpaired) electrons.